The van der Waals surface area contributed by atoms with E-state index in [4.69, 9.17) is 4.74 Å². The Labute approximate surface area is 133 Å². The molecular formula is C14H24IN3O. The summed E-state index contributed by atoms with van der Waals surface area (Å²) in [6.07, 6.45) is 0.938. The van der Waals surface area contributed by atoms with Gasteiger partial charge in [0.1, 0.15) is 5.75 Å². The molecule has 0 saturated heterocycles. The number of aliphatic imine (C=N–C) groups is 1. The number of para-hydroxylation sites is 1. The lowest BCUT2D eigenvalue weighted by atomic mass is 10.3. The monoisotopic (exact) mass is 377 g/mol. The molecule has 0 atom stereocenters. The molecule has 19 heavy (non-hydrogen) atoms. The fraction of sp³-hybridized carbons (Fsp3) is 0.500. The predicted octanol–water partition coefficient (Wildman–Crippen LogP) is 2.65. The smallest absolute Gasteiger partial charge is 0.191 e. The summed E-state index contributed by atoms with van der Waals surface area (Å²) in [5, 5.41) is 6.48. The van der Waals surface area contributed by atoms with Crippen LogP contribution in [0, 0.1) is 0 Å². The molecular weight excluding hydrogens is 353 g/mol. The lowest BCUT2D eigenvalue weighted by Crippen LogP contribution is -2.41. The summed E-state index contributed by atoms with van der Waals surface area (Å²) in [5.74, 6) is 1.76. The van der Waals surface area contributed by atoms with Crippen LogP contribution in [0.4, 0.5) is 0 Å². The van der Waals surface area contributed by atoms with Gasteiger partial charge in [0, 0.05) is 19.6 Å². The highest BCUT2D eigenvalue weighted by atomic mass is 127. The molecule has 0 amide bonds. The fourth-order valence-electron chi connectivity index (χ4n) is 1.45. The van der Waals surface area contributed by atoms with Crippen molar-refractivity contribution < 1.29 is 4.74 Å². The van der Waals surface area contributed by atoms with Crippen molar-refractivity contribution in [1.82, 2.24) is 10.6 Å². The Bertz CT molecular complexity index is 355. The topological polar surface area (TPSA) is 45.7 Å². The van der Waals surface area contributed by atoms with Gasteiger partial charge in [0.05, 0.1) is 6.61 Å². The van der Waals surface area contributed by atoms with Gasteiger partial charge in [-0.1, -0.05) is 18.2 Å². The van der Waals surface area contributed by atoms with Crippen LogP contribution in [0.15, 0.2) is 35.3 Å². The number of guanidine groups is 1. The van der Waals surface area contributed by atoms with Crippen molar-refractivity contribution in [1.29, 1.82) is 0 Å². The molecule has 5 heteroatoms. The van der Waals surface area contributed by atoms with E-state index in [9.17, 15) is 0 Å². The van der Waals surface area contributed by atoms with E-state index < -0.39 is 0 Å². The second-order valence-electron chi connectivity index (χ2n) is 4.31. The van der Waals surface area contributed by atoms with Gasteiger partial charge in [-0.25, -0.2) is 0 Å². The summed E-state index contributed by atoms with van der Waals surface area (Å²) in [6, 6.07) is 10.2. The van der Waals surface area contributed by atoms with Crippen molar-refractivity contribution in [2.75, 3.05) is 20.2 Å². The van der Waals surface area contributed by atoms with Gasteiger partial charge in [-0.15, -0.1) is 24.0 Å². The molecule has 0 aliphatic heterocycles. The highest BCUT2D eigenvalue weighted by molar-refractivity contribution is 14.0. The minimum absolute atomic E-state index is 0. The molecule has 0 aliphatic rings. The number of halogens is 1. The maximum Gasteiger partial charge on any atom is 0.191 e. The number of hydrogen-bond acceptors (Lipinski definition) is 2. The van der Waals surface area contributed by atoms with Crippen LogP contribution < -0.4 is 15.4 Å². The van der Waals surface area contributed by atoms with Crippen LogP contribution in [0.1, 0.15) is 20.3 Å². The highest BCUT2D eigenvalue weighted by Gasteiger charge is 1.98. The van der Waals surface area contributed by atoms with Crippen LogP contribution in [0.5, 0.6) is 5.75 Å². The fourth-order valence-corrected chi connectivity index (χ4v) is 1.45. The minimum atomic E-state index is 0. The molecule has 2 N–H and O–H groups in total. The lowest BCUT2D eigenvalue weighted by Gasteiger charge is -2.14. The summed E-state index contributed by atoms with van der Waals surface area (Å²) in [6.45, 7) is 5.73. The maximum absolute atomic E-state index is 5.60. The summed E-state index contributed by atoms with van der Waals surface area (Å²) >= 11 is 0. The van der Waals surface area contributed by atoms with E-state index in [2.05, 4.69) is 29.5 Å². The van der Waals surface area contributed by atoms with Gasteiger partial charge in [0.15, 0.2) is 5.96 Å². The molecule has 1 aromatic carbocycles. The first kappa shape index (κ1) is 18.0. The average molecular weight is 377 g/mol. The van der Waals surface area contributed by atoms with E-state index in [0.29, 0.717) is 12.6 Å². The summed E-state index contributed by atoms with van der Waals surface area (Å²) in [5.41, 5.74) is 0. The SMILES string of the molecule is CN=C(NCCCOc1ccccc1)NC(C)C.I. The van der Waals surface area contributed by atoms with Crippen LogP contribution in [-0.2, 0) is 0 Å². The number of nitrogens with zero attached hydrogens (tertiary/aromatic N) is 1. The van der Waals surface area contributed by atoms with Crippen LogP contribution in [-0.4, -0.2) is 32.2 Å². The van der Waals surface area contributed by atoms with Crippen molar-refractivity contribution in [2.24, 2.45) is 4.99 Å². The molecule has 1 aromatic rings. The van der Waals surface area contributed by atoms with Gasteiger partial charge in [0.2, 0.25) is 0 Å². The number of hydrogen-bond donors (Lipinski definition) is 2. The molecule has 0 unspecified atom stereocenters. The zero-order chi connectivity index (χ0) is 13.2. The molecule has 108 valence electrons. The lowest BCUT2D eigenvalue weighted by molar-refractivity contribution is 0.311. The zero-order valence-corrected chi connectivity index (χ0v) is 14.2. The minimum Gasteiger partial charge on any atom is -0.494 e. The van der Waals surface area contributed by atoms with Gasteiger partial charge < -0.3 is 15.4 Å². The number of rotatable bonds is 6. The van der Waals surface area contributed by atoms with Crippen LogP contribution in [0.3, 0.4) is 0 Å². The summed E-state index contributed by atoms with van der Waals surface area (Å²) < 4.78 is 5.60. The standard InChI is InChI=1S/C14H23N3O.HI/c1-12(2)17-14(15-3)16-10-7-11-18-13-8-5-4-6-9-13;/h4-6,8-9,12H,7,10-11H2,1-3H3,(H2,15,16,17);1H. The Morgan fingerprint density at radius 2 is 1.95 bits per heavy atom. The van der Waals surface area contributed by atoms with Gasteiger partial charge in [-0.3, -0.25) is 4.99 Å². The summed E-state index contributed by atoms with van der Waals surface area (Å²) in [4.78, 5) is 4.14. The third-order valence-corrected chi connectivity index (χ3v) is 2.27. The Balaban J connectivity index is 0.00000324. The molecule has 4 nitrogen and oxygen atoms in total. The molecule has 0 radical (unpaired) electrons. The number of ether oxygens (including phenoxy) is 1. The highest BCUT2D eigenvalue weighted by Crippen LogP contribution is 2.07. The molecule has 0 saturated carbocycles. The van der Waals surface area contributed by atoms with Crippen molar-refractivity contribution >= 4 is 29.9 Å². The van der Waals surface area contributed by atoms with E-state index in [1.165, 1.54) is 0 Å². The van der Waals surface area contributed by atoms with Crippen LogP contribution in [0.25, 0.3) is 0 Å². The second-order valence-corrected chi connectivity index (χ2v) is 4.31. The predicted molar refractivity (Wildman–Crippen MR) is 91.6 cm³/mol. The third kappa shape index (κ3) is 8.69. The first-order valence-corrected chi connectivity index (χ1v) is 6.37. The Kier molecular flexibility index (Phi) is 10.3. The van der Waals surface area contributed by atoms with Gasteiger partial charge in [-0.2, -0.15) is 0 Å². The van der Waals surface area contributed by atoms with Gasteiger partial charge in [0.25, 0.3) is 0 Å². The Hall–Kier alpha value is -0.980. The number of benzene rings is 1. The van der Waals surface area contributed by atoms with Crippen molar-refractivity contribution in [2.45, 2.75) is 26.3 Å². The second kappa shape index (κ2) is 10.9. The Morgan fingerprint density at radius 3 is 2.53 bits per heavy atom. The van der Waals surface area contributed by atoms with Crippen molar-refractivity contribution in [3.8, 4) is 5.75 Å². The van der Waals surface area contributed by atoms with Crippen LogP contribution in [0.2, 0.25) is 0 Å². The van der Waals surface area contributed by atoms with Crippen LogP contribution >= 0.6 is 24.0 Å². The van der Waals surface area contributed by atoms with E-state index in [1.54, 1.807) is 7.05 Å². The average Bonchev–Trinajstić information content (AvgIpc) is 2.37. The first-order valence-electron chi connectivity index (χ1n) is 6.37. The van der Waals surface area contributed by atoms with E-state index >= 15 is 0 Å². The summed E-state index contributed by atoms with van der Waals surface area (Å²) in [7, 11) is 1.78. The zero-order valence-electron chi connectivity index (χ0n) is 11.8. The molecule has 0 aromatic heterocycles. The molecule has 0 fully saturated rings. The molecule has 0 spiro atoms. The quantitative estimate of drug-likeness (QED) is 0.347. The Morgan fingerprint density at radius 1 is 1.26 bits per heavy atom. The molecule has 1 rings (SSSR count). The third-order valence-electron chi connectivity index (χ3n) is 2.27. The van der Waals surface area contributed by atoms with Gasteiger partial charge >= 0.3 is 0 Å². The van der Waals surface area contributed by atoms with E-state index in [0.717, 1.165) is 24.7 Å². The van der Waals surface area contributed by atoms with E-state index in [-0.39, 0.29) is 24.0 Å². The maximum atomic E-state index is 5.60. The van der Waals surface area contributed by atoms with Crippen molar-refractivity contribution in [3.05, 3.63) is 30.3 Å². The molecule has 0 bridgehead atoms. The van der Waals surface area contributed by atoms with Crippen molar-refractivity contribution in [3.63, 3.8) is 0 Å². The molecule has 0 aliphatic carbocycles. The normalized spacial score (nSPS) is 10.8. The number of nitrogens with one attached hydrogen (secondary N) is 2. The largest absolute Gasteiger partial charge is 0.494 e. The van der Waals surface area contributed by atoms with Gasteiger partial charge in [-0.05, 0) is 32.4 Å². The molecule has 0 heterocycles. The first-order chi connectivity index (χ1) is 8.72. The van der Waals surface area contributed by atoms with E-state index in [1.807, 2.05) is 30.3 Å².